The van der Waals surface area contributed by atoms with E-state index in [2.05, 4.69) is 14.5 Å². The maximum atomic E-state index is 12.4. The number of hydrogen-bond donors (Lipinski definition) is 0. The zero-order valence-electron chi connectivity index (χ0n) is 6.93. The van der Waals surface area contributed by atoms with E-state index in [0.29, 0.717) is 0 Å². The van der Waals surface area contributed by atoms with Gasteiger partial charge in [-0.25, -0.2) is 0 Å². The highest BCUT2D eigenvalue weighted by Crippen LogP contribution is 2.29. The SMILES string of the molecule is COc1ccc(F)nc1OC(F)(F)F. The monoisotopic (exact) mass is 211 g/mol. The molecule has 0 fully saturated rings. The first-order chi connectivity index (χ1) is 6.42. The van der Waals surface area contributed by atoms with Crippen LogP contribution in [-0.2, 0) is 0 Å². The summed E-state index contributed by atoms with van der Waals surface area (Å²) in [6.07, 6.45) is -4.92. The third-order valence-electron chi connectivity index (χ3n) is 1.22. The summed E-state index contributed by atoms with van der Waals surface area (Å²) in [5.74, 6) is -2.31. The van der Waals surface area contributed by atoms with E-state index in [1.807, 2.05) is 0 Å². The second-order valence-corrected chi connectivity index (χ2v) is 2.19. The van der Waals surface area contributed by atoms with E-state index >= 15 is 0 Å². The molecule has 0 spiro atoms. The van der Waals surface area contributed by atoms with Crippen molar-refractivity contribution in [2.24, 2.45) is 0 Å². The summed E-state index contributed by atoms with van der Waals surface area (Å²) in [6, 6.07) is 1.85. The van der Waals surface area contributed by atoms with Crippen LogP contribution in [0.25, 0.3) is 0 Å². The molecule has 0 aliphatic heterocycles. The summed E-state index contributed by atoms with van der Waals surface area (Å²) in [7, 11) is 1.12. The Morgan fingerprint density at radius 1 is 1.29 bits per heavy atom. The number of methoxy groups -OCH3 is 1. The van der Waals surface area contributed by atoms with Crippen LogP contribution in [0, 0.1) is 5.95 Å². The maximum absolute atomic E-state index is 12.4. The normalized spacial score (nSPS) is 11.2. The quantitative estimate of drug-likeness (QED) is 0.554. The lowest BCUT2D eigenvalue weighted by atomic mass is 10.4. The van der Waals surface area contributed by atoms with Crippen molar-refractivity contribution in [1.82, 2.24) is 4.98 Å². The highest BCUT2D eigenvalue weighted by molar-refractivity contribution is 5.32. The van der Waals surface area contributed by atoms with Crippen LogP contribution in [0.1, 0.15) is 0 Å². The summed E-state index contributed by atoms with van der Waals surface area (Å²) in [5, 5.41) is 0. The number of halogens is 4. The van der Waals surface area contributed by atoms with Gasteiger partial charge in [0.25, 0.3) is 5.88 Å². The number of aromatic nitrogens is 1. The Hall–Kier alpha value is -1.53. The summed E-state index contributed by atoms with van der Waals surface area (Å²) < 4.78 is 55.6. The van der Waals surface area contributed by atoms with Crippen LogP contribution in [0.4, 0.5) is 17.6 Å². The molecule has 1 aromatic rings. The largest absolute Gasteiger partial charge is 0.574 e. The van der Waals surface area contributed by atoms with E-state index < -0.39 is 18.2 Å². The second-order valence-electron chi connectivity index (χ2n) is 2.19. The van der Waals surface area contributed by atoms with Gasteiger partial charge in [-0.1, -0.05) is 0 Å². The van der Waals surface area contributed by atoms with E-state index in [-0.39, 0.29) is 5.75 Å². The van der Waals surface area contributed by atoms with E-state index in [9.17, 15) is 17.6 Å². The number of rotatable bonds is 2. The number of ether oxygens (including phenoxy) is 2. The van der Waals surface area contributed by atoms with Crippen molar-refractivity contribution in [3.8, 4) is 11.6 Å². The first-order valence-corrected chi connectivity index (χ1v) is 3.38. The van der Waals surface area contributed by atoms with Gasteiger partial charge in [-0.3, -0.25) is 0 Å². The van der Waals surface area contributed by atoms with Gasteiger partial charge in [0.2, 0.25) is 5.95 Å². The van der Waals surface area contributed by atoms with Gasteiger partial charge in [-0.2, -0.15) is 9.37 Å². The van der Waals surface area contributed by atoms with Crippen molar-refractivity contribution in [2.45, 2.75) is 6.36 Å². The number of alkyl halides is 3. The maximum Gasteiger partial charge on any atom is 0.574 e. The lowest BCUT2D eigenvalue weighted by Gasteiger charge is -2.10. The first kappa shape index (κ1) is 10.6. The summed E-state index contributed by atoms with van der Waals surface area (Å²) in [6.45, 7) is 0. The van der Waals surface area contributed by atoms with Crippen LogP contribution >= 0.6 is 0 Å². The minimum Gasteiger partial charge on any atom is -0.491 e. The van der Waals surface area contributed by atoms with Crippen molar-refractivity contribution in [2.75, 3.05) is 7.11 Å². The van der Waals surface area contributed by atoms with Gasteiger partial charge in [-0.05, 0) is 12.1 Å². The molecule has 0 unspecified atom stereocenters. The Bertz CT molecular complexity index is 326. The van der Waals surface area contributed by atoms with Gasteiger partial charge >= 0.3 is 6.36 Å². The molecular weight excluding hydrogens is 206 g/mol. The minimum absolute atomic E-state index is 0.288. The van der Waals surface area contributed by atoms with Gasteiger partial charge < -0.3 is 9.47 Å². The Morgan fingerprint density at radius 3 is 2.43 bits per heavy atom. The summed E-state index contributed by atoms with van der Waals surface area (Å²) in [5.41, 5.74) is 0. The molecule has 0 saturated heterocycles. The molecule has 0 saturated carbocycles. The number of hydrogen-bond acceptors (Lipinski definition) is 3. The van der Waals surface area contributed by atoms with Crippen LogP contribution in [0.2, 0.25) is 0 Å². The molecule has 0 aromatic carbocycles. The summed E-state index contributed by atoms with van der Waals surface area (Å²) >= 11 is 0. The Labute approximate surface area is 76.3 Å². The molecule has 1 heterocycles. The van der Waals surface area contributed by atoms with Crippen molar-refractivity contribution in [3.63, 3.8) is 0 Å². The molecule has 0 N–H and O–H groups in total. The van der Waals surface area contributed by atoms with Gasteiger partial charge in [0.05, 0.1) is 7.11 Å². The van der Waals surface area contributed by atoms with Gasteiger partial charge in [0, 0.05) is 0 Å². The molecular formula is C7H5F4NO2. The molecule has 14 heavy (non-hydrogen) atoms. The summed E-state index contributed by atoms with van der Waals surface area (Å²) in [4.78, 5) is 2.90. The predicted molar refractivity (Wildman–Crippen MR) is 37.4 cm³/mol. The molecule has 0 amide bonds. The molecule has 7 heteroatoms. The lowest BCUT2D eigenvalue weighted by Crippen LogP contribution is -2.18. The van der Waals surface area contributed by atoms with E-state index in [0.717, 1.165) is 19.2 Å². The van der Waals surface area contributed by atoms with Crippen LogP contribution in [0.15, 0.2) is 12.1 Å². The second kappa shape index (κ2) is 3.69. The Morgan fingerprint density at radius 2 is 1.93 bits per heavy atom. The fraction of sp³-hybridized carbons (Fsp3) is 0.286. The molecule has 1 rings (SSSR count). The predicted octanol–water partition coefficient (Wildman–Crippen LogP) is 2.13. The molecule has 0 aliphatic rings. The molecule has 0 aliphatic carbocycles. The average molecular weight is 211 g/mol. The van der Waals surface area contributed by atoms with Crippen molar-refractivity contribution in [3.05, 3.63) is 18.1 Å². The van der Waals surface area contributed by atoms with E-state index in [4.69, 9.17) is 0 Å². The van der Waals surface area contributed by atoms with Gasteiger partial charge in [0.1, 0.15) is 0 Å². The molecule has 3 nitrogen and oxygen atoms in total. The topological polar surface area (TPSA) is 31.4 Å². The molecule has 78 valence electrons. The molecule has 0 atom stereocenters. The average Bonchev–Trinajstić information content (AvgIpc) is 2.01. The lowest BCUT2D eigenvalue weighted by molar-refractivity contribution is -0.276. The van der Waals surface area contributed by atoms with Crippen molar-refractivity contribution >= 4 is 0 Å². The van der Waals surface area contributed by atoms with Crippen LogP contribution < -0.4 is 9.47 Å². The Balaban J connectivity index is 2.99. The number of pyridine rings is 1. The number of nitrogens with zero attached hydrogens (tertiary/aromatic N) is 1. The van der Waals surface area contributed by atoms with Crippen molar-refractivity contribution in [1.29, 1.82) is 0 Å². The van der Waals surface area contributed by atoms with E-state index in [1.165, 1.54) is 0 Å². The van der Waals surface area contributed by atoms with Gasteiger partial charge in [0.15, 0.2) is 5.75 Å². The molecule has 0 radical (unpaired) electrons. The van der Waals surface area contributed by atoms with Gasteiger partial charge in [-0.15, -0.1) is 13.2 Å². The van der Waals surface area contributed by atoms with Crippen LogP contribution in [0.3, 0.4) is 0 Å². The highest BCUT2D eigenvalue weighted by Gasteiger charge is 2.33. The minimum atomic E-state index is -4.92. The van der Waals surface area contributed by atoms with Crippen LogP contribution in [0.5, 0.6) is 11.6 Å². The van der Waals surface area contributed by atoms with E-state index in [1.54, 1.807) is 0 Å². The van der Waals surface area contributed by atoms with Crippen LogP contribution in [-0.4, -0.2) is 18.5 Å². The standard InChI is InChI=1S/C7H5F4NO2/c1-13-4-2-3-5(8)12-6(4)14-7(9,10)11/h2-3H,1H3. The highest BCUT2D eigenvalue weighted by atomic mass is 19.4. The first-order valence-electron chi connectivity index (χ1n) is 3.38. The molecule has 0 bridgehead atoms. The fourth-order valence-corrected chi connectivity index (χ4v) is 0.743. The fourth-order valence-electron chi connectivity index (χ4n) is 0.743. The third kappa shape index (κ3) is 2.75. The Kier molecular flexibility index (Phi) is 2.78. The van der Waals surface area contributed by atoms with Crippen molar-refractivity contribution < 1.29 is 27.0 Å². The third-order valence-corrected chi connectivity index (χ3v) is 1.22. The smallest absolute Gasteiger partial charge is 0.491 e. The zero-order chi connectivity index (χ0) is 10.8. The molecule has 1 aromatic heterocycles. The zero-order valence-corrected chi connectivity index (χ0v) is 6.93.